The van der Waals surface area contributed by atoms with Gasteiger partial charge in [-0.2, -0.15) is 10.4 Å². The molecule has 1 N–H and O–H groups in total. The molecule has 3 aromatic rings. The van der Waals surface area contributed by atoms with Gasteiger partial charge in [-0.25, -0.2) is 9.67 Å². The van der Waals surface area contributed by atoms with E-state index >= 15 is 0 Å². The Morgan fingerprint density at radius 3 is 2.57 bits per heavy atom. The molecule has 0 aliphatic rings. The number of carbonyl (C=O) groups excluding carboxylic acids is 1. The zero-order chi connectivity index (χ0) is 22.1. The molecule has 2 aromatic heterocycles. The minimum Gasteiger partial charge on any atom is -0.406 e. The van der Waals surface area contributed by atoms with Crippen LogP contribution in [0, 0.1) is 11.3 Å². The van der Waals surface area contributed by atoms with Crippen molar-refractivity contribution >= 4 is 40.1 Å². The topological polar surface area (TPSA) is 92.8 Å². The van der Waals surface area contributed by atoms with Crippen molar-refractivity contribution in [3.8, 4) is 11.8 Å². The van der Waals surface area contributed by atoms with Crippen LogP contribution in [0.25, 0.3) is 11.0 Å². The largest absolute Gasteiger partial charge is 0.573 e. The third-order valence-electron chi connectivity index (χ3n) is 3.94. The third kappa shape index (κ3) is 4.93. The van der Waals surface area contributed by atoms with Crippen molar-refractivity contribution in [3.05, 3.63) is 52.3 Å². The fourth-order valence-corrected chi connectivity index (χ4v) is 2.99. The van der Waals surface area contributed by atoms with Gasteiger partial charge in [-0.15, -0.1) is 13.2 Å². The van der Waals surface area contributed by atoms with Gasteiger partial charge in [0.05, 0.1) is 17.6 Å². The highest BCUT2D eigenvalue weighted by Crippen LogP contribution is 2.25. The van der Waals surface area contributed by atoms with Crippen LogP contribution in [-0.2, 0) is 6.54 Å². The van der Waals surface area contributed by atoms with Crippen LogP contribution in [0.15, 0.2) is 36.5 Å². The van der Waals surface area contributed by atoms with E-state index < -0.39 is 23.6 Å². The lowest BCUT2D eigenvalue weighted by Crippen LogP contribution is -2.48. The second-order valence-corrected chi connectivity index (χ2v) is 7.23. The smallest absolute Gasteiger partial charge is 0.406 e. The summed E-state index contributed by atoms with van der Waals surface area (Å²) in [4.78, 5) is 16.6. The molecule has 3 rings (SSSR count). The first kappa shape index (κ1) is 21.7. The first-order valence-corrected chi connectivity index (χ1v) is 9.02. The molecule has 0 saturated heterocycles. The average molecular weight is 458 g/mol. The van der Waals surface area contributed by atoms with Crippen molar-refractivity contribution in [2.75, 3.05) is 0 Å². The summed E-state index contributed by atoms with van der Waals surface area (Å²) in [6.45, 7) is 1.34. The van der Waals surface area contributed by atoms with Crippen LogP contribution < -0.4 is 10.1 Å². The Morgan fingerprint density at radius 1 is 1.30 bits per heavy atom. The summed E-state index contributed by atoms with van der Waals surface area (Å²) >= 11 is 12.2. The molecule has 1 amide bonds. The van der Waals surface area contributed by atoms with Gasteiger partial charge in [0.2, 0.25) is 0 Å². The van der Waals surface area contributed by atoms with Crippen LogP contribution in [0.1, 0.15) is 17.3 Å². The summed E-state index contributed by atoms with van der Waals surface area (Å²) in [7, 11) is 0. The van der Waals surface area contributed by atoms with Gasteiger partial charge in [0, 0.05) is 11.8 Å². The number of benzene rings is 1. The van der Waals surface area contributed by atoms with Crippen molar-refractivity contribution in [3.63, 3.8) is 0 Å². The number of pyridine rings is 1. The molecule has 7 nitrogen and oxygen atoms in total. The van der Waals surface area contributed by atoms with Gasteiger partial charge < -0.3 is 10.1 Å². The van der Waals surface area contributed by atoms with Crippen LogP contribution in [0.4, 0.5) is 13.2 Å². The number of fused-ring (bicyclic) bond motifs is 1. The van der Waals surface area contributed by atoms with Crippen molar-refractivity contribution in [1.29, 1.82) is 5.26 Å². The maximum atomic E-state index is 12.5. The molecule has 0 fully saturated rings. The molecular formula is C18H12Cl2F3N5O2. The van der Waals surface area contributed by atoms with Crippen molar-refractivity contribution in [2.45, 2.75) is 25.4 Å². The molecule has 1 aromatic carbocycles. The van der Waals surface area contributed by atoms with E-state index in [0.29, 0.717) is 16.1 Å². The predicted octanol–water partition coefficient (Wildman–Crippen LogP) is 4.35. The molecule has 0 aliphatic heterocycles. The van der Waals surface area contributed by atoms with E-state index in [1.54, 1.807) is 6.07 Å². The predicted molar refractivity (Wildman–Crippen MR) is 102 cm³/mol. The maximum Gasteiger partial charge on any atom is 0.573 e. The second kappa shape index (κ2) is 8.01. The third-order valence-corrected chi connectivity index (χ3v) is 4.52. The highest BCUT2D eigenvalue weighted by atomic mass is 35.5. The average Bonchev–Trinajstić information content (AvgIpc) is 2.95. The van der Waals surface area contributed by atoms with Crippen LogP contribution in [-0.4, -0.2) is 32.6 Å². The molecule has 2 heterocycles. The van der Waals surface area contributed by atoms with Crippen molar-refractivity contribution in [2.24, 2.45) is 0 Å². The first-order valence-electron chi connectivity index (χ1n) is 8.27. The summed E-state index contributed by atoms with van der Waals surface area (Å²) in [6, 6.07) is 7.83. The number of amides is 1. The molecular weight excluding hydrogens is 446 g/mol. The van der Waals surface area contributed by atoms with Gasteiger partial charge in [-0.1, -0.05) is 23.2 Å². The molecule has 0 spiro atoms. The monoisotopic (exact) mass is 457 g/mol. The number of halogens is 5. The van der Waals surface area contributed by atoms with E-state index in [4.69, 9.17) is 23.2 Å². The van der Waals surface area contributed by atoms with Crippen LogP contribution in [0.2, 0.25) is 10.2 Å². The fourth-order valence-electron chi connectivity index (χ4n) is 2.60. The molecule has 156 valence electrons. The Hall–Kier alpha value is -3.03. The van der Waals surface area contributed by atoms with Gasteiger partial charge >= 0.3 is 6.36 Å². The Morgan fingerprint density at radius 2 is 1.97 bits per heavy atom. The van der Waals surface area contributed by atoms with E-state index in [2.05, 4.69) is 20.1 Å². The lowest BCUT2D eigenvalue weighted by atomic mass is 10.0. The molecule has 30 heavy (non-hydrogen) atoms. The van der Waals surface area contributed by atoms with E-state index in [-0.39, 0.29) is 17.3 Å². The second-order valence-electron chi connectivity index (χ2n) is 6.44. The maximum absolute atomic E-state index is 12.5. The lowest BCUT2D eigenvalue weighted by Gasteiger charge is -2.23. The number of nitrogens with one attached hydrogen (secondary N) is 1. The Kier molecular flexibility index (Phi) is 5.78. The summed E-state index contributed by atoms with van der Waals surface area (Å²) in [5.41, 5.74) is -0.600. The van der Waals surface area contributed by atoms with E-state index in [9.17, 15) is 23.2 Å². The Bertz CT molecular complexity index is 1140. The first-order chi connectivity index (χ1) is 14.0. The zero-order valence-corrected chi connectivity index (χ0v) is 16.7. The highest BCUT2D eigenvalue weighted by molar-refractivity contribution is 6.34. The molecule has 1 unspecified atom stereocenters. The van der Waals surface area contributed by atoms with Crippen molar-refractivity contribution < 1.29 is 22.7 Å². The number of nitrogens with zero attached hydrogens (tertiary/aromatic N) is 4. The fraction of sp³-hybridized carbons (Fsp3) is 0.222. The molecule has 0 radical (unpaired) electrons. The van der Waals surface area contributed by atoms with Crippen LogP contribution >= 0.6 is 23.2 Å². The highest BCUT2D eigenvalue weighted by Gasteiger charge is 2.32. The van der Waals surface area contributed by atoms with Crippen molar-refractivity contribution in [1.82, 2.24) is 20.1 Å². The number of hydrogen-bond acceptors (Lipinski definition) is 5. The SMILES string of the molecule is CC(C#N)(Cn1nc2cc(Cl)cnc2c1Cl)NC(=O)c1ccc(OC(F)(F)F)cc1. The van der Waals surface area contributed by atoms with Crippen LogP contribution in [0.5, 0.6) is 5.75 Å². The van der Waals surface area contributed by atoms with Gasteiger partial charge in [0.1, 0.15) is 22.3 Å². The van der Waals surface area contributed by atoms with Gasteiger partial charge in [-0.3, -0.25) is 4.79 Å². The van der Waals surface area contributed by atoms with Gasteiger partial charge in [-0.05, 0) is 37.3 Å². The number of carbonyl (C=O) groups is 1. The normalized spacial score (nSPS) is 13.5. The number of ether oxygens (including phenoxy) is 1. The molecule has 1 atom stereocenters. The summed E-state index contributed by atoms with van der Waals surface area (Å²) < 4.78 is 41.8. The molecule has 12 heteroatoms. The number of aromatic nitrogens is 3. The van der Waals surface area contributed by atoms with Gasteiger partial charge in [0.15, 0.2) is 5.15 Å². The number of hydrogen-bond donors (Lipinski definition) is 1. The number of nitriles is 1. The summed E-state index contributed by atoms with van der Waals surface area (Å²) in [5.74, 6) is -1.14. The Labute approximate surface area is 178 Å². The minimum absolute atomic E-state index is 0.0381. The van der Waals surface area contributed by atoms with Gasteiger partial charge in [0.25, 0.3) is 5.91 Å². The van der Waals surface area contributed by atoms with E-state index in [1.807, 2.05) is 6.07 Å². The summed E-state index contributed by atoms with van der Waals surface area (Å²) in [6.07, 6.45) is -3.44. The molecule has 0 aliphatic carbocycles. The Balaban J connectivity index is 1.78. The number of alkyl halides is 3. The number of rotatable bonds is 5. The molecule has 0 bridgehead atoms. The zero-order valence-electron chi connectivity index (χ0n) is 15.2. The van der Waals surface area contributed by atoms with Crippen LogP contribution in [0.3, 0.4) is 0 Å². The lowest BCUT2D eigenvalue weighted by molar-refractivity contribution is -0.274. The summed E-state index contributed by atoms with van der Waals surface area (Å²) in [5, 5.41) is 16.9. The molecule has 0 saturated carbocycles. The van der Waals surface area contributed by atoms with E-state index in [1.165, 1.54) is 17.8 Å². The minimum atomic E-state index is -4.84. The van der Waals surface area contributed by atoms with E-state index in [0.717, 1.165) is 24.3 Å². The standard InChI is InChI=1S/C18H12Cl2F3N5O2/c1-17(8-24,9-28-15(20)14-13(27-28)6-11(19)7-25-14)26-16(29)10-2-4-12(5-3-10)30-18(21,22)23/h2-7H,9H2,1H3,(H,26,29). The quantitative estimate of drug-likeness (QED) is 0.614.